The molecule has 1 atom stereocenters. The van der Waals surface area contributed by atoms with E-state index in [-0.39, 0.29) is 17.7 Å². The number of hydrogen-bond donors (Lipinski definition) is 1. The highest BCUT2D eigenvalue weighted by Gasteiger charge is 2.17. The molecule has 96 valence electrons. The fourth-order valence-corrected chi connectivity index (χ4v) is 3.08. The normalized spacial score (nSPS) is 13.9. The van der Waals surface area contributed by atoms with Crippen LogP contribution in [0.2, 0.25) is 0 Å². The van der Waals surface area contributed by atoms with E-state index < -0.39 is 10.0 Å². The van der Waals surface area contributed by atoms with Gasteiger partial charge in [0.15, 0.2) is 0 Å². The molecule has 0 fully saturated rings. The van der Waals surface area contributed by atoms with Crippen molar-refractivity contribution in [3.63, 3.8) is 0 Å². The summed E-state index contributed by atoms with van der Waals surface area (Å²) in [5.41, 5.74) is 0.789. The number of sulfonamides is 1. The Labute approximate surface area is 112 Å². The molecule has 0 bridgehead atoms. The van der Waals surface area contributed by atoms with Crippen LogP contribution in [-0.4, -0.2) is 14.5 Å². The minimum Gasteiger partial charge on any atom is -0.212 e. The van der Waals surface area contributed by atoms with Gasteiger partial charge in [-0.2, -0.15) is 0 Å². The van der Waals surface area contributed by atoms with E-state index in [1.54, 1.807) is 0 Å². The van der Waals surface area contributed by atoms with Crippen molar-refractivity contribution in [1.82, 2.24) is 4.72 Å². The van der Waals surface area contributed by atoms with Gasteiger partial charge in [0.05, 0.1) is 5.75 Å². The van der Waals surface area contributed by atoms with Gasteiger partial charge in [-0.3, -0.25) is 0 Å². The Hall–Kier alpha value is -0.390. The fraction of sp³-hybridized carbons (Fsp3) is 0.500. The van der Waals surface area contributed by atoms with E-state index in [0.717, 1.165) is 10.0 Å². The lowest BCUT2D eigenvalue weighted by molar-refractivity contribution is 0.476. The second-order valence-corrected chi connectivity index (χ2v) is 7.21. The van der Waals surface area contributed by atoms with Gasteiger partial charge in [0.2, 0.25) is 10.0 Å². The summed E-state index contributed by atoms with van der Waals surface area (Å²) in [6.45, 7) is 5.86. The summed E-state index contributed by atoms with van der Waals surface area (Å²) in [5.74, 6) is 0.312. The lowest BCUT2D eigenvalue weighted by atomic mass is 10.1. The average Bonchev–Trinajstić information content (AvgIpc) is 2.20. The SMILES string of the molecule is CC(C)C(C)NS(=O)(=O)Cc1ccc(Br)cc1. The smallest absolute Gasteiger partial charge is 0.212 e. The summed E-state index contributed by atoms with van der Waals surface area (Å²) in [6.07, 6.45) is 0. The van der Waals surface area contributed by atoms with Crippen molar-refractivity contribution in [2.75, 3.05) is 0 Å². The minimum absolute atomic E-state index is 0.0251. The molecular formula is C12H18BrNO2S. The molecule has 0 heterocycles. The Balaban J connectivity index is 2.70. The highest BCUT2D eigenvalue weighted by molar-refractivity contribution is 9.10. The Morgan fingerprint density at radius 3 is 2.18 bits per heavy atom. The largest absolute Gasteiger partial charge is 0.216 e. The Bertz CT molecular complexity index is 454. The van der Waals surface area contributed by atoms with Crippen molar-refractivity contribution in [2.24, 2.45) is 5.92 Å². The van der Waals surface area contributed by atoms with Crippen molar-refractivity contribution in [3.8, 4) is 0 Å². The monoisotopic (exact) mass is 319 g/mol. The first kappa shape index (κ1) is 14.7. The molecule has 1 aromatic carbocycles. The molecule has 0 aliphatic heterocycles. The fourth-order valence-electron chi connectivity index (χ4n) is 1.26. The summed E-state index contributed by atoms with van der Waals surface area (Å²) >= 11 is 3.32. The molecular weight excluding hydrogens is 302 g/mol. The lowest BCUT2D eigenvalue weighted by Crippen LogP contribution is -2.36. The second-order valence-electron chi connectivity index (χ2n) is 4.54. The summed E-state index contributed by atoms with van der Waals surface area (Å²) < 4.78 is 27.4. The minimum atomic E-state index is -3.26. The van der Waals surface area contributed by atoms with Gasteiger partial charge in [-0.15, -0.1) is 0 Å². The van der Waals surface area contributed by atoms with Crippen LogP contribution in [0.1, 0.15) is 26.3 Å². The first-order valence-electron chi connectivity index (χ1n) is 5.54. The van der Waals surface area contributed by atoms with E-state index >= 15 is 0 Å². The van der Waals surface area contributed by atoms with E-state index in [2.05, 4.69) is 20.7 Å². The van der Waals surface area contributed by atoms with Crippen molar-refractivity contribution in [2.45, 2.75) is 32.6 Å². The highest BCUT2D eigenvalue weighted by Crippen LogP contribution is 2.13. The van der Waals surface area contributed by atoms with Crippen LogP contribution in [0.15, 0.2) is 28.7 Å². The third-order valence-electron chi connectivity index (χ3n) is 2.64. The zero-order chi connectivity index (χ0) is 13.1. The number of benzene rings is 1. The van der Waals surface area contributed by atoms with Gasteiger partial charge in [0, 0.05) is 10.5 Å². The zero-order valence-corrected chi connectivity index (χ0v) is 12.7. The number of nitrogens with one attached hydrogen (secondary N) is 1. The predicted octanol–water partition coefficient (Wildman–Crippen LogP) is 2.91. The maximum Gasteiger partial charge on any atom is 0.216 e. The molecule has 3 nitrogen and oxygen atoms in total. The quantitative estimate of drug-likeness (QED) is 0.907. The lowest BCUT2D eigenvalue weighted by Gasteiger charge is -2.17. The molecule has 0 aliphatic rings. The Morgan fingerprint density at radius 1 is 1.18 bits per heavy atom. The second kappa shape index (κ2) is 5.98. The van der Waals surface area contributed by atoms with Crippen LogP contribution < -0.4 is 4.72 Å². The van der Waals surface area contributed by atoms with Crippen LogP contribution in [0, 0.1) is 5.92 Å². The molecule has 1 N–H and O–H groups in total. The van der Waals surface area contributed by atoms with Crippen molar-refractivity contribution in [3.05, 3.63) is 34.3 Å². The molecule has 0 saturated heterocycles. The van der Waals surface area contributed by atoms with Gasteiger partial charge in [-0.25, -0.2) is 13.1 Å². The standard InChI is InChI=1S/C12H18BrNO2S/c1-9(2)10(3)14-17(15,16)8-11-4-6-12(13)7-5-11/h4-7,9-10,14H,8H2,1-3H3. The Morgan fingerprint density at radius 2 is 1.71 bits per heavy atom. The first-order chi connectivity index (χ1) is 7.80. The first-order valence-corrected chi connectivity index (χ1v) is 7.99. The van der Waals surface area contributed by atoms with E-state index in [1.807, 2.05) is 45.0 Å². The predicted molar refractivity (Wildman–Crippen MR) is 74.2 cm³/mol. The van der Waals surface area contributed by atoms with E-state index in [4.69, 9.17) is 0 Å². The Kier molecular flexibility index (Phi) is 5.16. The van der Waals surface area contributed by atoms with Crippen LogP contribution in [0.25, 0.3) is 0 Å². The molecule has 1 rings (SSSR count). The zero-order valence-electron chi connectivity index (χ0n) is 10.3. The third-order valence-corrected chi connectivity index (χ3v) is 4.61. The average molecular weight is 320 g/mol. The summed E-state index contributed by atoms with van der Waals surface area (Å²) in [6, 6.07) is 7.26. The molecule has 0 aliphatic carbocycles. The van der Waals surface area contributed by atoms with Crippen molar-refractivity contribution < 1.29 is 8.42 Å². The van der Waals surface area contributed by atoms with Gasteiger partial charge in [-0.1, -0.05) is 41.9 Å². The molecule has 0 saturated carbocycles. The van der Waals surface area contributed by atoms with Crippen LogP contribution in [0.5, 0.6) is 0 Å². The van der Waals surface area contributed by atoms with E-state index in [0.29, 0.717) is 0 Å². The molecule has 1 unspecified atom stereocenters. The topological polar surface area (TPSA) is 46.2 Å². The highest BCUT2D eigenvalue weighted by atomic mass is 79.9. The third kappa shape index (κ3) is 5.19. The van der Waals surface area contributed by atoms with Gasteiger partial charge < -0.3 is 0 Å². The van der Waals surface area contributed by atoms with Crippen LogP contribution in [0.4, 0.5) is 0 Å². The van der Waals surface area contributed by atoms with Crippen molar-refractivity contribution >= 4 is 26.0 Å². The molecule has 0 radical (unpaired) electrons. The molecule has 5 heteroatoms. The van der Waals surface area contributed by atoms with E-state index in [9.17, 15) is 8.42 Å². The molecule has 0 aromatic heterocycles. The van der Waals surface area contributed by atoms with Gasteiger partial charge >= 0.3 is 0 Å². The van der Waals surface area contributed by atoms with Crippen LogP contribution >= 0.6 is 15.9 Å². The maximum atomic E-state index is 11.9. The summed E-state index contributed by atoms with van der Waals surface area (Å²) in [4.78, 5) is 0. The maximum absolute atomic E-state index is 11.9. The summed E-state index contributed by atoms with van der Waals surface area (Å²) in [5, 5.41) is 0. The van der Waals surface area contributed by atoms with Crippen LogP contribution in [0.3, 0.4) is 0 Å². The van der Waals surface area contributed by atoms with Gasteiger partial charge in [0.25, 0.3) is 0 Å². The number of halogens is 1. The van der Waals surface area contributed by atoms with Crippen LogP contribution in [-0.2, 0) is 15.8 Å². The van der Waals surface area contributed by atoms with Gasteiger partial charge in [-0.05, 0) is 30.5 Å². The molecule has 0 amide bonds. The number of hydrogen-bond acceptors (Lipinski definition) is 2. The molecule has 1 aromatic rings. The summed E-state index contributed by atoms with van der Waals surface area (Å²) in [7, 11) is -3.26. The van der Waals surface area contributed by atoms with E-state index in [1.165, 1.54) is 0 Å². The molecule has 17 heavy (non-hydrogen) atoms. The van der Waals surface area contributed by atoms with Gasteiger partial charge in [0.1, 0.15) is 0 Å². The molecule has 0 spiro atoms. The number of rotatable bonds is 5. The van der Waals surface area contributed by atoms with Crippen molar-refractivity contribution in [1.29, 1.82) is 0 Å².